The molecule has 0 radical (unpaired) electrons. The van der Waals surface area contributed by atoms with Crippen LogP contribution in [0, 0.1) is 0 Å². The molecular weight excluding hydrogens is 458 g/mol. The number of anilines is 1. The summed E-state index contributed by atoms with van der Waals surface area (Å²) in [6.07, 6.45) is 0. The molecule has 2 N–H and O–H groups in total. The fourth-order valence-electron chi connectivity index (χ4n) is 3.87. The number of phenolic OH excluding ortho intramolecular Hbond substituents is 1. The quantitative estimate of drug-likeness (QED) is 0.235. The molecule has 7 nitrogen and oxygen atoms in total. The van der Waals surface area contributed by atoms with Crippen molar-refractivity contribution in [3.63, 3.8) is 0 Å². The lowest BCUT2D eigenvalue weighted by Crippen LogP contribution is -2.29. The molecule has 1 unspecified atom stereocenters. The van der Waals surface area contributed by atoms with E-state index in [-0.39, 0.29) is 34.8 Å². The van der Waals surface area contributed by atoms with Crippen LogP contribution < -0.4 is 4.90 Å². The lowest BCUT2D eigenvalue weighted by atomic mass is 9.95. The van der Waals surface area contributed by atoms with Crippen LogP contribution in [0.2, 0.25) is 5.02 Å². The van der Waals surface area contributed by atoms with Crippen LogP contribution in [0.4, 0.5) is 5.69 Å². The number of aromatic hydroxyl groups is 1. The van der Waals surface area contributed by atoms with Crippen LogP contribution >= 0.6 is 11.6 Å². The van der Waals surface area contributed by atoms with Crippen molar-refractivity contribution in [1.29, 1.82) is 0 Å². The van der Waals surface area contributed by atoms with Crippen LogP contribution in [0.1, 0.15) is 34.5 Å². The zero-order valence-electron chi connectivity index (χ0n) is 18.1. The van der Waals surface area contributed by atoms with Crippen LogP contribution in [-0.2, 0) is 14.3 Å². The Bertz CT molecular complexity index is 1310. The fourth-order valence-corrected chi connectivity index (χ4v) is 4.06. The first-order valence-electron chi connectivity index (χ1n) is 10.4. The van der Waals surface area contributed by atoms with E-state index in [1.807, 2.05) is 0 Å². The van der Waals surface area contributed by atoms with Gasteiger partial charge in [0.1, 0.15) is 11.5 Å². The van der Waals surface area contributed by atoms with Crippen molar-refractivity contribution >= 4 is 40.7 Å². The number of ketones is 1. The summed E-state index contributed by atoms with van der Waals surface area (Å²) in [6.45, 7) is 1.91. The van der Waals surface area contributed by atoms with Crippen molar-refractivity contribution < 1.29 is 29.3 Å². The number of aliphatic hydroxyl groups excluding tert-OH is 1. The molecule has 1 heterocycles. The molecule has 0 bridgehead atoms. The summed E-state index contributed by atoms with van der Waals surface area (Å²) >= 11 is 6.06. The monoisotopic (exact) mass is 477 g/mol. The number of esters is 1. The number of carbonyl (C=O) groups is 3. The number of rotatable bonds is 5. The van der Waals surface area contributed by atoms with E-state index >= 15 is 0 Å². The van der Waals surface area contributed by atoms with Crippen molar-refractivity contribution in [2.75, 3.05) is 11.5 Å². The minimum atomic E-state index is -1.03. The predicted octanol–water partition coefficient (Wildman–Crippen LogP) is 4.85. The second-order valence-corrected chi connectivity index (χ2v) is 7.98. The topological polar surface area (TPSA) is 104 Å². The molecular formula is C26H20ClNO6. The molecule has 0 aromatic heterocycles. The standard InChI is InChI=1S/C26H20ClNO6/c1-2-34-26(33)15-9-11-19(12-10-15)28-22(16-5-4-8-20(29)14-16)21(24(31)25(28)32)23(30)17-6-3-7-18(27)13-17/h3-14,22,29-30H,2H2,1H3/b23-21+. The zero-order valence-corrected chi connectivity index (χ0v) is 18.8. The molecule has 3 aromatic rings. The summed E-state index contributed by atoms with van der Waals surface area (Å²) in [5.74, 6) is -2.72. The van der Waals surface area contributed by atoms with Gasteiger partial charge in [-0.1, -0.05) is 35.9 Å². The number of hydrogen-bond donors (Lipinski definition) is 2. The Kier molecular flexibility index (Phi) is 6.38. The first kappa shape index (κ1) is 23.1. The van der Waals surface area contributed by atoms with E-state index in [4.69, 9.17) is 16.3 Å². The van der Waals surface area contributed by atoms with Gasteiger partial charge in [-0.15, -0.1) is 0 Å². The van der Waals surface area contributed by atoms with Gasteiger partial charge in [0.15, 0.2) is 0 Å². The minimum absolute atomic E-state index is 0.0662. The molecule has 1 atom stereocenters. The summed E-state index contributed by atoms with van der Waals surface area (Å²) in [5, 5.41) is 21.5. The van der Waals surface area contributed by atoms with Gasteiger partial charge in [0, 0.05) is 16.3 Å². The average molecular weight is 478 g/mol. The normalized spacial score (nSPS) is 17.1. The van der Waals surface area contributed by atoms with Gasteiger partial charge in [0.25, 0.3) is 11.7 Å². The Labute approximate surface area is 200 Å². The SMILES string of the molecule is CCOC(=O)c1ccc(N2C(=O)C(=O)/C(=C(/O)c3cccc(Cl)c3)C2c2cccc(O)c2)cc1. The van der Waals surface area contributed by atoms with E-state index in [1.54, 1.807) is 37.3 Å². The highest BCUT2D eigenvalue weighted by Crippen LogP contribution is 2.43. The van der Waals surface area contributed by atoms with Crippen molar-refractivity contribution in [2.24, 2.45) is 0 Å². The smallest absolute Gasteiger partial charge is 0.338 e. The minimum Gasteiger partial charge on any atom is -0.508 e. The van der Waals surface area contributed by atoms with Crippen molar-refractivity contribution in [1.82, 2.24) is 0 Å². The highest BCUT2D eigenvalue weighted by atomic mass is 35.5. The van der Waals surface area contributed by atoms with Gasteiger partial charge in [-0.25, -0.2) is 4.79 Å². The molecule has 1 fully saturated rings. The lowest BCUT2D eigenvalue weighted by molar-refractivity contribution is -0.132. The molecule has 172 valence electrons. The van der Waals surface area contributed by atoms with Gasteiger partial charge < -0.3 is 14.9 Å². The van der Waals surface area contributed by atoms with E-state index in [9.17, 15) is 24.6 Å². The van der Waals surface area contributed by atoms with E-state index in [0.717, 1.165) is 0 Å². The Morgan fingerprint density at radius 3 is 2.35 bits per heavy atom. The lowest BCUT2D eigenvalue weighted by Gasteiger charge is -2.25. The number of phenols is 1. The van der Waals surface area contributed by atoms with E-state index in [0.29, 0.717) is 16.3 Å². The number of amides is 1. The van der Waals surface area contributed by atoms with E-state index in [1.165, 1.54) is 47.4 Å². The Balaban J connectivity index is 1.87. The third-order valence-corrected chi connectivity index (χ3v) is 5.62. The zero-order chi connectivity index (χ0) is 24.4. The predicted molar refractivity (Wildman–Crippen MR) is 127 cm³/mol. The third kappa shape index (κ3) is 4.25. The molecule has 1 saturated heterocycles. The third-order valence-electron chi connectivity index (χ3n) is 5.39. The number of ether oxygens (including phenoxy) is 1. The summed E-state index contributed by atoms with van der Waals surface area (Å²) in [4.78, 5) is 39.5. The number of aliphatic hydroxyl groups is 1. The first-order chi connectivity index (χ1) is 16.3. The van der Waals surface area contributed by atoms with Crippen LogP contribution in [0.15, 0.2) is 78.4 Å². The van der Waals surface area contributed by atoms with Gasteiger partial charge in [-0.05, 0) is 61.0 Å². The number of nitrogens with zero attached hydrogens (tertiary/aromatic N) is 1. The largest absolute Gasteiger partial charge is 0.508 e. The summed E-state index contributed by atoms with van der Waals surface area (Å²) in [7, 11) is 0. The van der Waals surface area contributed by atoms with Crippen LogP contribution in [0.25, 0.3) is 5.76 Å². The van der Waals surface area contributed by atoms with Crippen LogP contribution in [0.3, 0.4) is 0 Å². The second kappa shape index (κ2) is 9.41. The number of Topliss-reactive ketones (excluding diaryl/α,β-unsaturated/α-hetero) is 1. The molecule has 1 aliphatic rings. The van der Waals surface area contributed by atoms with Crippen molar-refractivity contribution in [3.8, 4) is 5.75 Å². The average Bonchev–Trinajstić information content (AvgIpc) is 3.09. The van der Waals surface area contributed by atoms with E-state index in [2.05, 4.69) is 0 Å². The molecule has 0 spiro atoms. The molecule has 3 aromatic carbocycles. The molecule has 0 aliphatic carbocycles. The summed E-state index contributed by atoms with van der Waals surface area (Å²) in [6, 6.07) is 17.4. The van der Waals surface area contributed by atoms with Crippen LogP contribution in [-0.4, -0.2) is 34.5 Å². The number of halogens is 1. The second-order valence-electron chi connectivity index (χ2n) is 7.54. The Hall–Kier alpha value is -4.10. The molecule has 34 heavy (non-hydrogen) atoms. The summed E-state index contributed by atoms with van der Waals surface area (Å²) in [5.41, 5.74) is 1.15. The number of hydrogen-bond acceptors (Lipinski definition) is 6. The highest BCUT2D eigenvalue weighted by molar-refractivity contribution is 6.51. The van der Waals surface area contributed by atoms with Gasteiger partial charge in [-0.3, -0.25) is 14.5 Å². The fraction of sp³-hybridized carbons (Fsp3) is 0.115. The first-order valence-corrected chi connectivity index (χ1v) is 10.8. The molecule has 8 heteroatoms. The summed E-state index contributed by atoms with van der Waals surface area (Å²) < 4.78 is 4.99. The molecule has 0 saturated carbocycles. The number of carbonyl (C=O) groups excluding carboxylic acids is 3. The Morgan fingerprint density at radius 2 is 1.71 bits per heavy atom. The van der Waals surface area contributed by atoms with Crippen molar-refractivity contribution in [2.45, 2.75) is 13.0 Å². The molecule has 4 rings (SSSR count). The van der Waals surface area contributed by atoms with E-state index < -0.39 is 23.7 Å². The highest BCUT2D eigenvalue weighted by Gasteiger charge is 2.47. The maximum atomic E-state index is 13.2. The van der Waals surface area contributed by atoms with Crippen LogP contribution in [0.5, 0.6) is 5.75 Å². The Morgan fingerprint density at radius 1 is 1.00 bits per heavy atom. The maximum Gasteiger partial charge on any atom is 0.338 e. The van der Waals surface area contributed by atoms with Gasteiger partial charge >= 0.3 is 5.97 Å². The van der Waals surface area contributed by atoms with Gasteiger partial charge in [-0.2, -0.15) is 0 Å². The number of benzene rings is 3. The molecule has 1 aliphatic heterocycles. The maximum absolute atomic E-state index is 13.2. The van der Waals surface area contributed by atoms with Gasteiger partial charge in [0.05, 0.1) is 23.8 Å². The van der Waals surface area contributed by atoms with Crippen molar-refractivity contribution in [3.05, 3.63) is 100 Å². The molecule has 1 amide bonds. The van der Waals surface area contributed by atoms with Gasteiger partial charge in [0.2, 0.25) is 0 Å².